The van der Waals surface area contributed by atoms with Crippen LogP contribution in [0.2, 0.25) is 5.02 Å². The molecule has 1 aromatic heterocycles. The van der Waals surface area contributed by atoms with Gasteiger partial charge in [-0.25, -0.2) is 0 Å². The van der Waals surface area contributed by atoms with Gasteiger partial charge in [-0.1, -0.05) is 41.9 Å². The molecule has 0 aliphatic carbocycles. The highest BCUT2D eigenvalue weighted by molar-refractivity contribution is 6.34. The number of fused-ring (bicyclic) bond motifs is 1. The van der Waals surface area contributed by atoms with Crippen LogP contribution in [0.4, 0.5) is 0 Å². The Morgan fingerprint density at radius 1 is 1.10 bits per heavy atom. The summed E-state index contributed by atoms with van der Waals surface area (Å²) in [5, 5.41) is 12.0. The second-order valence-corrected chi connectivity index (χ2v) is 5.41. The van der Waals surface area contributed by atoms with Crippen LogP contribution in [-0.2, 0) is 0 Å². The lowest BCUT2D eigenvalue weighted by molar-refractivity contribution is 0.191. The molecule has 1 atom stereocenters. The van der Waals surface area contributed by atoms with Crippen molar-refractivity contribution in [3.05, 3.63) is 69.9 Å². The van der Waals surface area contributed by atoms with Crippen LogP contribution in [0, 0.1) is 13.8 Å². The van der Waals surface area contributed by atoms with Crippen molar-refractivity contribution in [1.82, 2.24) is 0 Å². The van der Waals surface area contributed by atoms with E-state index in [1.54, 1.807) is 6.07 Å². The van der Waals surface area contributed by atoms with Crippen LogP contribution in [0.15, 0.2) is 46.9 Å². The van der Waals surface area contributed by atoms with E-state index in [1.807, 2.05) is 50.2 Å². The molecule has 2 nitrogen and oxygen atoms in total. The summed E-state index contributed by atoms with van der Waals surface area (Å²) in [6, 6.07) is 13.3. The highest BCUT2D eigenvalue weighted by Gasteiger charge is 2.18. The fourth-order valence-electron chi connectivity index (χ4n) is 2.41. The Balaban J connectivity index is 2.10. The number of aliphatic hydroxyl groups excluding tert-OH is 1. The molecule has 0 bridgehead atoms. The number of rotatable bonds is 2. The molecule has 0 amide bonds. The normalized spacial score (nSPS) is 12.8. The van der Waals surface area contributed by atoms with E-state index in [1.165, 1.54) is 0 Å². The van der Waals surface area contributed by atoms with Gasteiger partial charge in [-0.3, -0.25) is 0 Å². The van der Waals surface area contributed by atoms with Gasteiger partial charge in [0.05, 0.1) is 5.02 Å². The molecule has 0 fully saturated rings. The summed E-state index contributed by atoms with van der Waals surface area (Å²) in [4.78, 5) is 0. The zero-order chi connectivity index (χ0) is 14.3. The summed E-state index contributed by atoms with van der Waals surface area (Å²) in [5.41, 5.74) is 3.70. The number of halogens is 1. The van der Waals surface area contributed by atoms with E-state index in [4.69, 9.17) is 16.0 Å². The summed E-state index contributed by atoms with van der Waals surface area (Å²) in [6.07, 6.45) is -0.779. The Labute approximate surface area is 122 Å². The van der Waals surface area contributed by atoms with E-state index in [2.05, 4.69) is 0 Å². The van der Waals surface area contributed by atoms with Crippen molar-refractivity contribution in [1.29, 1.82) is 0 Å². The number of benzene rings is 2. The number of para-hydroxylation sites is 1. The van der Waals surface area contributed by atoms with Crippen LogP contribution in [0.1, 0.15) is 28.6 Å². The van der Waals surface area contributed by atoms with E-state index in [0.29, 0.717) is 16.4 Å². The molecule has 3 heteroatoms. The van der Waals surface area contributed by atoms with E-state index in [9.17, 15) is 5.11 Å². The van der Waals surface area contributed by atoms with E-state index in [-0.39, 0.29) is 0 Å². The maximum atomic E-state index is 10.6. The topological polar surface area (TPSA) is 33.4 Å². The molecule has 102 valence electrons. The molecule has 1 unspecified atom stereocenters. The van der Waals surface area contributed by atoms with E-state index in [0.717, 1.165) is 22.1 Å². The maximum absolute atomic E-state index is 10.6. The molecule has 1 heterocycles. The smallest absolute Gasteiger partial charge is 0.153 e. The molecule has 0 aliphatic heterocycles. The van der Waals surface area contributed by atoms with Crippen LogP contribution in [-0.4, -0.2) is 5.11 Å². The predicted molar refractivity (Wildman–Crippen MR) is 81.2 cm³/mol. The SMILES string of the molecule is Cc1cccc(C(O)c2cc3cccc(Cl)c3o2)c1C. The van der Waals surface area contributed by atoms with Gasteiger partial charge in [-0.05, 0) is 42.7 Å². The number of furan rings is 1. The Morgan fingerprint density at radius 3 is 2.60 bits per heavy atom. The minimum atomic E-state index is -0.779. The van der Waals surface area contributed by atoms with Crippen molar-refractivity contribution in [3.8, 4) is 0 Å². The van der Waals surface area contributed by atoms with Crippen LogP contribution < -0.4 is 0 Å². The number of hydrogen-bond acceptors (Lipinski definition) is 2. The average Bonchev–Trinajstić information content (AvgIpc) is 2.87. The summed E-state index contributed by atoms with van der Waals surface area (Å²) in [5.74, 6) is 0.516. The summed E-state index contributed by atoms with van der Waals surface area (Å²) in [7, 11) is 0. The molecule has 3 aromatic rings. The summed E-state index contributed by atoms with van der Waals surface area (Å²) in [6.45, 7) is 4.03. The zero-order valence-corrected chi connectivity index (χ0v) is 12.1. The van der Waals surface area contributed by atoms with Gasteiger partial charge in [-0.15, -0.1) is 0 Å². The van der Waals surface area contributed by atoms with Gasteiger partial charge in [0.1, 0.15) is 11.9 Å². The van der Waals surface area contributed by atoms with Crippen molar-refractivity contribution in [3.63, 3.8) is 0 Å². The van der Waals surface area contributed by atoms with E-state index >= 15 is 0 Å². The summed E-state index contributed by atoms with van der Waals surface area (Å²) < 4.78 is 5.73. The third-order valence-electron chi connectivity index (χ3n) is 3.73. The lowest BCUT2D eigenvalue weighted by atomic mass is 9.98. The zero-order valence-electron chi connectivity index (χ0n) is 11.4. The molecule has 0 radical (unpaired) electrons. The first-order valence-corrected chi connectivity index (χ1v) is 6.88. The quantitative estimate of drug-likeness (QED) is 0.735. The highest BCUT2D eigenvalue weighted by atomic mass is 35.5. The maximum Gasteiger partial charge on any atom is 0.153 e. The van der Waals surface area contributed by atoms with Gasteiger partial charge < -0.3 is 9.52 Å². The molecule has 0 saturated heterocycles. The Bertz CT molecular complexity index is 774. The Hall–Kier alpha value is -1.77. The fourth-order valence-corrected chi connectivity index (χ4v) is 2.63. The minimum Gasteiger partial charge on any atom is -0.456 e. The number of hydrogen-bond donors (Lipinski definition) is 1. The van der Waals surface area contributed by atoms with Crippen LogP contribution >= 0.6 is 11.6 Å². The number of aryl methyl sites for hydroxylation is 1. The Morgan fingerprint density at radius 2 is 1.85 bits per heavy atom. The molecule has 0 saturated carbocycles. The molecule has 20 heavy (non-hydrogen) atoms. The van der Waals surface area contributed by atoms with Gasteiger partial charge in [0, 0.05) is 5.39 Å². The van der Waals surface area contributed by atoms with Crippen molar-refractivity contribution in [2.45, 2.75) is 20.0 Å². The predicted octanol–water partition coefficient (Wildman–Crippen LogP) is 4.78. The largest absolute Gasteiger partial charge is 0.456 e. The van der Waals surface area contributed by atoms with Crippen molar-refractivity contribution in [2.24, 2.45) is 0 Å². The van der Waals surface area contributed by atoms with Gasteiger partial charge >= 0.3 is 0 Å². The molecular formula is C17H15ClO2. The fraction of sp³-hybridized carbons (Fsp3) is 0.176. The van der Waals surface area contributed by atoms with Gasteiger partial charge in [-0.2, -0.15) is 0 Å². The van der Waals surface area contributed by atoms with Gasteiger partial charge in [0.15, 0.2) is 5.58 Å². The first-order chi connectivity index (χ1) is 9.58. The minimum absolute atomic E-state index is 0.516. The number of aliphatic hydroxyl groups is 1. The third kappa shape index (κ3) is 2.11. The van der Waals surface area contributed by atoms with Gasteiger partial charge in [0.2, 0.25) is 0 Å². The molecule has 3 rings (SSSR count). The molecular weight excluding hydrogens is 272 g/mol. The second kappa shape index (κ2) is 4.97. The van der Waals surface area contributed by atoms with Crippen molar-refractivity contribution < 1.29 is 9.52 Å². The van der Waals surface area contributed by atoms with Crippen LogP contribution in [0.5, 0.6) is 0 Å². The average molecular weight is 287 g/mol. The first-order valence-electron chi connectivity index (χ1n) is 6.50. The molecule has 0 spiro atoms. The van der Waals surface area contributed by atoms with Crippen LogP contribution in [0.25, 0.3) is 11.0 Å². The highest BCUT2D eigenvalue weighted by Crippen LogP contribution is 2.33. The standard InChI is InChI=1S/C17H15ClO2/c1-10-5-3-7-13(11(10)2)16(19)15-9-12-6-4-8-14(18)17(12)20-15/h3-9,16,19H,1-2H3. The van der Waals surface area contributed by atoms with Crippen molar-refractivity contribution in [2.75, 3.05) is 0 Å². The van der Waals surface area contributed by atoms with Crippen LogP contribution in [0.3, 0.4) is 0 Å². The summed E-state index contributed by atoms with van der Waals surface area (Å²) >= 11 is 6.10. The van der Waals surface area contributed by atoms with Crippen molar-refractivity contribution >= 4 is 22.6 Å². The lowest BCUT2D eigenvalue weighted by Gasteiger charge is -2.13. The second-order valence-electron chi connectivity index (χ2n) is 5.00. The molecule has 1 N–H and O–H groups in total. The molecule has 0 aliphatic rings. The van der Waals surface area contributed by atoms with E-state index < -0.39 is 6.10 Å². The lowest BCUT2D eigenvalue weighted by Crippen LogP contribution is -2.01. The molecule has 2 aromatic carbocycles. The Kier molecular flexibility index (Phi) is 3.28. The monoisotopic (exact) mass is 286 g/mol. The third-order valence-corrected chi connectivity index (χ3v) is 4.02. The first kappa shape index (κ1) is 13.2. The van der Waals surface area contributed by atoms with Gasteiger partial charge in [0.25, 0.3) is 0 Å².